The largest absolute Gasteiger partial charge is 0.313 e. The van der Waals surface area contributed by atoms with E-state index in [0.29, 0.717) is 12.0 Å². The minimum atomic E-state index is -0.524. The molecule has 21 heavy (non-hydrogen) atoms. The van der Waals surface area contributed by atoms with Gasteiger partial charge in [-0.05, 0) is 44.0 Å². The van der Waals surface area contributed by atoms with Gasteiger partial charge in [-0.25, -0.2) is 13.8 Å². The first-order chi connectivity index (χ1) is 10.1. The zero-order valence-corrected chi connectivity index (χ0v) is 13.1. The van der Waals surface area contributed by atoms with Crippen LogP contribution in [0.4, 0.5) is 8.78 Å². The molecule has 0 bridgehead atoms. The Labute approximate surface area is 128 Å². The van der Waals surface area contributed by atoms with Crippen LogP contribution in [-0.4, -0.2) is 17.6 Å². The van der Waals surface area contributed by atoms with Gasteiger partial charge in [-0.1, -0.05) is 6.92 Å². The third kappa shape index (κ3) is 5.17. The van der Waals surface area contributed by atoms with Crippen LogP contribution >= 0.6 is 11.3 Å². The summed E-state index contributed by atoms with van der Waals surface area (Å²) in [5, 5.41) is 6.52. The zero-order chi connectivity index (χ0) is 15.2. The van der Waals surface area contributed by atoms with E-state index in [4.69, 9.17) is 0 Å². The van der Waals surface area contributed by atoms with Gasteiger partial charge in [0.15, 0.2) is 0 Å². The normalized spacial score (nSPS) is 12.6. The quantitative estimate of drug-likeness (QED) is 0.839. The molecule has 2 nitrogen and oxygen atoms in total. The summed E-state index contributed by atoms with van der Waals surface area (Å²) in [5.74, 6) is -1.05. The van der Waals surface area contributed by atoms with Crippen LogP contribution in [0.5, 0.6) is 0 Å². The Balaban J connectivity index is 2.07. The van der Waals surface area contributed by atoms with E-state index in [2.05, 4.69) is 17.2 Å². The van der Waals surface area contributed by atoms with E-state index in [1.807, 2.05) is 12.3 Å². The zero-order valence-electron chi connectivity index (χ0n) is 12.3. The molecule has 1 atom stereocenters. The number of nitrogens with zero attached hydrogens (tertiary/aromatic N) is 1. The fraction of sp³-hybridized carbons (Fsp3) is 0.438. The third-order valence-electron chi connectivity index (χ3n) is 3.21. The van der Waals surface area contributed by atoms with E-state index in [9.17, 15) is 8.78 Å². The molecule has 0 aliphatic rings. The average Bonchev–Trinajstić information content (AvgIpc) is 2.80. The number of thiazole rings is 1. The summed E-state index contributed by atoms with van der Waals surface area (Å²) >= 11 is 1.62. The molecule has 1 aromatic heterocycles. The Morgan fingerprint density at radius 3 is 2.48 bits per heavy atom. The van der Waals surface area contributed by atoms with Gasteiger partial charge in [0.2, 0.25) is 0 Å². The molecular weight excluding hydrogens is 290 g/mol. The van der Waals surface area contributed by atoms with Crippen LogP contribution in [0.3, 0.4) is 0 Å². The lowest BCUT2D eigenvalue weighted by atomic mass is 10.0. The maximum absolute atomic E-state index is 13.3. The molecule has 114 valence electrons. The second kappa shape index (κ2) is 7.61. The Bertz CT molecular complexity index is 563. The standard InChI is InChI=1S/C16H20F2N2S/c1-3-4-19-15(9-16-10-21-11(2)20-16)7-12-5-13(17)8-14(18)6-12/h5-6,8,10,15,19H,3-4,7,9H2,1-2H3. The number of nitrogens with one attached hydrogen (secondary N) is 1. The van der Waals surface area contributed by atoms with Gasteiger partial charge in [0.1, 0.15) is 11.6 Å². The van der Waals surface area contributed by atoms with Crippen molar-refractivity contribution in [3.8, 4) is 0 Å². The summed E-state index contributed by atoms with van der Waals surface area (Å²) in [6.45, 7) is 4.95. The highest BCUT2D eigenvalue weighted by Crippen LogP contribution is 2.14. The fourth-order valence-corrected chi connectivity index (χ4v) is 2.96. The summed E-state index contributed by atoms with van der Waals surface area (Å²) < 4.78 is 26.6. The minimum Gasteiger partial charge on any atom is -0.313 e. The Kier molecular flexibility index (Phi) is 5.82. The topological polar surface area (TPSA) is 24.9 Å². The van der Waals surface area contributed by atoms with Gasteiger partial charge < -0.3 is 5.32 Å². The molecule has 0 spiro atoms. The fourth-order valence-electron chi connectivity index (χ4n) is 2.33. The van der Waals surface area contributed by atoms with Crippen molar-refractivity contribution >= 4 is 11.3 Å². The molecule has 0 saturated heterocycles. The molecule has 1 unspecified atom stereocenters. The number of rotatable bonds is 7. The number of halogens is 2. The predicted molar refractivity (Wildman–Crippen MR) is 82.7 cm³/mol. The minimum absolute atomic E-state index is 0.132. The number of hydrogen-bond donors (Lipinski definition) is 1. The maximum atomic E-state index is 13.3. The molecule has 1 aromatic carbocycles. The molecule has 0 radical (unpaired) electrons. The van der Waals surface area contributed by atoms with Crippen LogP contribution in [-0.2, 0) is 12.8 Å². The van der Waals surface area contributed by atoms with Crippen LogP contribution in [0, 0.1) is 18.6 Å². The molecule has 5 heteroatoms. The first-order valence-corrected chi connectivity index (χ1v) is 8.04. The second-order valence-corrected chi connectivity index (χ2v) is 6.26. The molecule has 2 rings (SSSR count). The number of aryl methyl sites for hydroxylation is 1. The lowest BCUT2D eigenvalue weighted by Gasteiger charge is -2.18. The summed E-state index contributed by atoms with van der Waals surface area (Å²) in [6, 6.07) is 3.83. The van der Waals surface area contributed by atoms with Gasteiger partial charge >= 0.3 is 0 Å². The van der Waals surface area contributed by atoms with Crippen molar-refractivity contribution in [1.82, 2.24) is 10.3 Å². The maximum Gasteiger partial charge on any atom is 0.126 e. The smallest absolute Gasteiger partial charge is 0.126 e. The molecular formula is C16H20F2N2S. The molecule has 1 heterocycles. The van der Waals surface area contributed by atoms with E-state index in [0.717, 1.165) is 36.2 Å². The van der Waals surface area contributed by atoms with Gasteiger partial charge in [-0.15, -0.1) is 11.3 Å². The van der Waals surface area contributed by atoms with Crippen LogP contribution < -0.4 is 5.32 Å². The van der Waals surface area contributed by atoms with E-state index in [-0.39, 0.29) is 6.04 Å². The van der Waals surface area contributed by atoms with Crippen molar-refractivity contribution in [2.75, 3.05) is 6.54 Å². The van der Waals surface area contributed by atoms with Crippen molar-refractivity contribution in [3.63, 3.8) is 0 Å². The van der Waals surface area contributed by atoms with Crippen molar-refractivity contribution < 1.29 is 8.78 Å². The van der Waals surface area contributed by atoms with Crippen molar-refractivity contribution in [2.45, 2.75) is 39.2 Å². The summed E-state index contributed by atoms with van der Waals surface area (Å²) in [5.41, 5.74) is 1.70. The highest BCUT2D eigenvalue weighted by atomic mass is 32.1. The average molecular weight is 310 g/mol. The van der Waals surface area contributed by atoms with E-state index in [1.54, 1.807) is 11.3 Å². The molecule has 0 saturated carbocycles. The molecule has 0 amide bonds. The Hall–Kier alpha value is -1.33. The molecule has 0 aliphatic heterocycles. The van der Waals surface area contributed by atoms with Crippen LogP contribution in [0.2, 0.25) is 0 Å². The second-order valence-electron chi connectivity index (χ2n) is 5.19. The summed E-state index contributed by atoms with van der Waals surface area (Å²) in [6.07, 6.45) is 2.37. The van der Waals surface area contributed by atoms with Gasteiger partial charge in [-0.3, -0.25) is 0 Å². The molecule has 0 aliphatic carbocycles. The number of aromatic nitrogens is 1. The van der Waals surface area contributed by atoms with E-state index in [1.165, 1.54) is 12.1 Å². The first-order valence-electron chi connectivity index (χ1n) is 7.16. The SMILES string of the molecule is CCCNC(Cc1cc(F)cc(F)c1)Cc1csc(C)n1. The number of benzene rings is 1. The van der Waals surface area contributed by atoms with Crippen molar-refractivity contribution in [2.24, 2.45) is 0 Å². The van der Waals surface area contributed by atoms with Crippen LogP contribution in [0.25, 0.3) is 0 Å². The van der Waals surface area contributed by atoms with Gasteiger partial charge in [-0.2, -0.15) is 0 Å². The summed E-state index contributed by atoms with van der Waals surface area (Å²) in [7, 11) is 0. The molecule has 1 N–H and O–H groups in total. The monoisotopic (exact) mass is 310 g/mol. The first kappa shape index (κ1) is 16.0. The lowest BCUT2D eigenvalue weighted by Crippen LogP contribution is -2.34. The van der Waals surface area contributed by atoms with Crippen LogP contribution in [0.15, 0.2) is 23.6 Å². The van der Waals surface area contributed by atoms with Gasteiger partial charge in [0.05, 0.1) is 10.7 Å². The van der Waals surface area contributed by atoms with E-state index < -0.39 is 11.6 Å². The lowest BCUT2D eigenvalue weighted by molar-refractivity contribution is 0.497. The number of hydrogen-bond acceptors (Lipinski definition) is 3. The molecule has 0 fully saturated rings. The predicted octanol–water partition coefficient (Wildman–Crippen LogP) is 3.88. The van der Waals surface area contributed by atoms with Crippen molar-refractivity contribution in [1.29, 1.82) is 0 Å². The Morgan fingerprint density at radius 1 is 1.19 bits per heavy atom. The highest BCUT2D eigenvalue weighted by Gasteiger charge is 2.13. The molecule has 2 aromatic rings. The Morgan fingerprint density at radius 2 is 1.90 bits per heavy atom. The summed E-state index contributed by atoms with van der Waals surface area (Å²) in [4.78, 5) is 4.47. The van der Waals surface area contributed by atoms with Crippen molar-refractivity contribution in [3.05, 3.63) is 51.5 Å². The van der Waals surface area contributed by atoms with Crippen LogP contribution in [0.1, 0.15) is 29.6 Å². The van der Waals surface area contributed by atoms with E-state index >= 15 is 0 Å². The van der Waals surface area contributed by atoms with Gasteiger partial charge in [0, 0.05) is 23.9 Å². The third-order valence-corrected chi connectivity index (χ3v) is 4.03. The van der Waals surface area contributed by atoms with Gasteiger partial charge in [0.25, 0.3) is 0 Å². The highest BCUT2D eigenvalue weighted by molar-refractivity contribution is 7.09.